The predicted octanol–water partition coefficient (Wildman–Crippen LogP) is 6.92. The van der Waals surface area contributed by atoms with Gasteiger partial charge in [0.05, 0.1) is 10.6 Å². The van der Waals surface area contributed by atoms with E-state index in [9.17, 15) is 18.0 Å². The maximum Gasteiger partial charge on any atom is 0.264 e. The molecule has 0 bridgehead atoms. The van der Waals surface area contributed by atoms with Crippen molar-refractivity contribution < 1.29 is 18.0 Å². The van der Waals surface area contributed by atoms with E-state index < -0.39 is 28.5 Å². The molecule has 0 heterocycles. The molecule has 0 radical (unpaired) electrons. The highest BCUT2D eigenvalue weighted by atomic mass is 35.5. The van der Waals surface area contributed by atoms with E-state index in [0.717, 1.165) is 47.5 Å². The van der Waals surface area contributed by atoms with Crippen molar-refractivity contribution in [3.8, 4) is 0 Å². The number of hydrogen-bond acceptors (Lipinski definition) is 4. The summed E-state index contributed by atoms with van der Waals surface area (Å²) in [7, 11) is -4.10. The number of carbonyl (C=O) groups excluding carboxylic acids is 2. The molecule has 0 aromatic heterocycles. The minimum absolute atomic E-state index is 0.0808. The molecule has 1 atom stereocenters. The van der Waals surface area contributed by atoms with Crippen molar-refractivity contribution in [2.75, 3.05) is 10.8 Å². The molecule has 1 saturated carbocycles. The van der Waals surface area contributed by atoms with Crippen LogP contribution < -0.4 is 9.62 Å². The van der Waals surface area contributed by atoms with Gasteiger partial charge >= 0.3 is 0 Å². The lowest BCUT2D eigenvalue weighted by atomic mass is 9.95. The number of nitrogens with one attached hydrogen (secondary N) is 1. The highest BCUT2D eigenvalue weighted by Gasteiger charge is 2.34. The zero-order valence-electron chi connectivity index (χ0n) is 25.2. The smallest absolute Gasteiger partial charge is 0.264 e. The Morgan fingerprint density at radius 2 is 1.53 bits per heavy atom. The van der Waals surface area contributed by atoms with Crippen molar-refractivity contribution in [2.45, 2.75) is 88.7 Å². The number of rotatable bonds is 12. The molecule has 9 heteroatoms. The van der Waals surface area contributed by atoms with Gasteiger partial charge in [-0.25, -0.2) is 8.42 Å². The van der Waals surface area contributed by atoms with Gasteiger partial charge < -0.3 is 10.2 Å². The van der Waals surface area contributed by atoms with Crippen LogP contribution in [0, 0.1) is 0 Å². The first-order valence-electron chi connectivity index (χ1n) is 15.1. The largest absolute Gasteiger partial charge is 0.352 e. The first-order chi connectivity index (χ1) is 20.6. The van der Waals surface area contributed by atoms with Gasteiger partial charge in [-0.1, -0.05) is 94.1 Å². The third kappa shape index (κ3) is 8.39. The van der Waals surface area contributed by atoms with Gasteiger partial charge in [0.1, 0.15) is 12.6 Å². The number of halogens is 1. The Morgan fingerprint density at radius 1 is 0.907 bits per heavy atom. The molecule has 230 valence electrons. The van der Waals surface area contributed by atoms with E-state index in [4.69, 9.17) is 11.6 Å². The molecule has 0 spiro atoms. The van der Waals surface area contributed by atoms with Crippen molar-refractivity contribution >= 4 is 39.1 Å². The third-order valence-corrected chi connectivity index (χ3v) is 10.1. The number of amides is 2. The van der Waals surface area contributed by atoms with Gasteiger partial charge in [0.15, 0.2) is 0 Å². The zero-order valence-corrected chi connectivity index (χ0v) is 26.8. The lowest BCUT2D eigenvalue weighted by Gasteiger charge is -2.34. The summed E-state index contributed by atoms with van der Waals surface area (Å²) in [6.07, 6.45) is 5.51. The van der Waals surface area contributed by atoms with Crippen LogP contribution in [-0.4, -0.2) is 43.8 Å². The van der Waals surface area contributed by atoms with E-state index in [-0.39, 0.29) is 29.3 Å². The zero-order chi connectivity index (χ0) is 31.0. The Bertz CT molecular complexity index is 1460. The fourth-order valence-corrected chi connectivity index (χ4v) is 7.09. The Labute approximate surface area is 261 Å². The molecule has 4 rings (SSSR count). The molecule has 1 fully saturated rings. The first kappa shape index (κ1) is 32.6. The highest BCUT2D eigenvalue weighted by Crippen LogP contribution is 2.27. The molecule has 43 heavy (non-hydrogen) atoms. The Kier molecular flexibility index (Phi) is 11.3. The second-order valence-electron chi connectivity index (χ2n) is 11.5. The fraction of sp³-hybridized carbons (Fsp3) is 0.412. The van der Waals surface area contributed by atoms with Crippen LogP contribution in [0.25, 0.3) is 0 Å². The monoisotopic (exact) mass is 623 g/mol. The number of benzene rings is 3. The summed E-state index contributed by atoms with van der Waals surface area (Å²) in [6.45, 7) is 5.68. The first-order valence-corrected chi connectivity index (χ1v) is 16.9. The molecule has 0 aliphatic heterocycles. The number of carbonyl (C=O) groups is 2. The van der Waals surface area contributed by atoms with Gasteiger partial charge in [0.2, 0.25) is 11.8 Å². The molecule has 1 aliphatic carbocycles. The van der Waals surface area contributed by atoms with Crippen molar-refractivity contribution in [1.82, 2.24) is 10.2 Å². The molecule has 3 aromatic rings. The fourth-order valence-electron chi connectivity index (χ4n) is 5.52. The van der Waals surface area contributed by atoms with Crippen LogP contribution in [0.4, 0.5) is 5.69 Å². The third-order valence-electron chi connectivity index (χ3n) is 8.06. The summed E-state index contributed by atoms with van der Waals surface area (Å²) in [5, 5.41) is 3.74. The summed E-state index contributed by atoms with van der Waals surface area (Å²) < 4.78 is 29.2. The van der Waals surface area contributed by atoms with E-state index in [1.165, 1.54) is 17.0 Å². The van der Waals surface area contributed by atoms with Crippen LogP contribution in [0.5, 0.6) is 0 Å². The van der Waals surface area contributed by atoms with E-state index in [0.29, 0.717) is 17.1 Å². The topological polar surface area (TPSA) is 86.8 Å². The predicted molar refractivity (Wildman–Crippen MR) is 173 cm³/mol. The Balaban J connectivity index is 1.70. The average Bonchev–Trinajstić information content (AvgIpc) is 3.01. The second-order valence-corrected chi connectivity index (χ2v) is 13.8. The molecular weight excluding hydrogens is 582 g/mol. The summed E-state index contributed by atoms with van der Waals surface area (Å²) in [6, 6.07) is 21.8. The number of sulfonamides is 1. The van der Waals surface area contributed by atoms with Crippen LogP contribution in [-0.2, 0) is 26.2 Å². The molecule has 2 amide bonds. The van der Waals surface area contributed by atoms with Gasteiger partial charge in [-0.3, -0.25) is 13.9 Å². The summed E-state index contributed by atoms with van der Waals surface area (Å²) in [5.74, 6) is -0.416. The minimum Gasteiger partial charge on any atom is -0.352 e. The van der Waals surface area contributed by atoms with Gasteiger partial charge in [0, 0.05) is 17.6 Å². The summed E-state index contributed by atoms with van der Waals surface area (Å²) in [5.41, 5.74) is 2.23. The van der Waals surface area contributed by atoms with Crippen molar-refractivity contribution in [3.05, 3.63) is 95.0 Å². The average molecular weight is 624 g/mol. The van der Waals surface area contributed by atoms with Gasteiger partial charge in [-0.2, -0.15) is 0 Å². The molecule has 1 N–H and O–H groups in total. The van der Waals surface area contributed by atoms with Crippen LogP contribution >= 0.6 is 11.6 Å². The van der Waals surface area contributed by atoms with Gasteiger partial charge in [0.25, 0.3) is 10.0 Å². The SMILES string of the molecule is CCC(C(=O)NC1CCCCC1)N(Cc1ccc(Cl)cc1)C(=O)CN(c1ccc(C(C)C)cc1)S(=O)(=O)c1ccccc1. The van der Waals surface area contributed by atoms with Crippen LogP contribution in [0.2, 0.25) is 5.02 Å². The normalized spacial score (nSPS) is 14.7. The Hall–Kier alpha value is -3.36. The lowest BCUT2D eigenvalue weighted by Crippen LogP contribution is -2.54. The molecular formula is C34H42ClN3O4S. The van der Waals surface area contributed by atoms with Crippen LogP contribution in [0.1, 0.15) is 76.3 Å². The maximum absolute atomic E-state index is 14.3. The number of anilines is 1. The molecule has 1 aliphatic rings. The minimum atomic E-state index is -4.10. The Morgan fingerprint density at radius 3 is 2.12 bits per heavy atom. The van der Waals surface area contributed by atoms with Crippen molar-refractivity contribution in [2.24, 2.45) is 0 Å². The summed E-state index contributed by atoms with van der Waals surface area (Å²) >= 11 is 6.12. The molecule has 1 unspecified atom stereocenters. The van der Waals surface area contributed by atoms with Gasteiger partial charge in [-0.15, -0.1) is 0 Å². The van der Waals surface area contributed by atoms with Gasteiger partial charge in [-0.05, 0) is 72.7 Å². The van der Waals surface area contributed by atoms with E-state index in [2.05, 4.69) is 19.2 Å². The molecule has 0 saturated heterocycles. The van der Waals surface area contributed by atoms with Crippen LogP contribution in [0.3, 0.4) is 0 Å². The van der Waals surface area contributed by atoms with Crippen molar-refractivity contribution in [3.63, 3.8) is 0 Å². The standard InChI is InChI=1S/C34H42ClN3O4S/c1-4-32(34(40)36-29-11-7-5-8-12-29)37(23-26-15-19-28(35)20-16-26)33(39)24-38(30-21-17-27(18-22-30)25(2)3)43(41,42)31-13-9-6-10-14-31/h6,9-10,13-22,25,29,32H,4-5,7-8,11-12,23-24H2,1-3H3,(H,36,40). The highest BCUT2D eigenvalue weighted by molar-refractivity contribution is 7.92. The van der Waals surface area contributed by atoms with E-state index >= 15 is 0 Å². The van der Waals surface area contributed by atoms with Crippen LogP contribution in [0.15, 0.2) is 83.8 Å². The summed E-state index contributed by atoms with van der Waals surface area (Å²) in [4.78, 5) is 29.5. The molecule has 3 aromatic carbocycles. The maximum atomic E-state index is 14.3. The van der Waals surface area contributed by atoms with Crippen molar-refractivity contribution in [1.29, 1.82) is 0 Å². The number of nitrogens with zero attached hydrogens (tertiary/aromatic N) is 2. The van der Waals surface area contributed by atoms with E-state index in [1.807, 2.05) is 31.2 Å². The molecule has 7 nitrogen and oxygen atoms in total. The lowest BCUT2D eigenvalue weighted by molar-refractivity contribution is -0.140. The quantitative estimate of drug-likeness (QED) is 0.237. The number of hydrogen-bond donors (Lipinski definition) is 1. The van der Waals surface area contributed by atoms with E-state index in [1.54, 1.807) is 42.5 Å². The second kappa shape index (κ2) is 14.9.